The number of nitrogens with zero attached hydrogens (tertiary/aromatic N) is 1. The number of thioether (sulfide) groups is 1. The molecular weight excluding hydrogens is 531 g/mol. The van der Waals surface area contributed by atoms with Crippen molar-refractivity contribution in [2.45, 2.75) is 57.0 Å². The summed E-state index contributed by atoms with van der Waals surface area (Å²) in [6.45, 7) is 2.19. The Bertz CT molecular complexity index is 953. The third-order valence-electron chi connectivity index (χ3n) is 5.59. The van der Waals surface area contributed by atoms with Crippen LogP contribution in [0.5, 0.6) is 0 Å². The van der Waals surface area contributed by atoms with Crippen LogP contribution in [0.3, 0.4) is 0 Å². The number of carbonyl (C=O) groups is 2. The van der Waals surface area contributed by atoms with Crippen molar-refractivity contribution < 1.29 is 9.59 Å². The van der Waals surface area contributed by atoms with Gasteiger partial charge >= 0.3 is 0 Å². The molecular formula is C24H27BrCl2N2O2S. The number of carbonyl (C=O) groups excluding carboxylic acids is 2. The van der Waals surface area contributed by atoms with Crippen LogP contribution in [0.1, 0.15) is 43.7 Å². The number of hydrogen-bond acceptors (Lipinski definition) is 3. The summed E-state index contributed by atoms with van der Waals surface area (Å²) in [5.41, 5.74) is 1.98. The third kappa shape index (κ3) is 7.41. The van der Waals surface area contributed by atoms with E-state index in [2.05, 4.69) is 21.2 Å². The molecule has 0 unspecified atom stereocenters. The zero-order chi connectivity index (χ0) is 23.1. The summed E-state index contributed by atoms with van der Waals surface area (Å²) in [5.74, 6) is 0.754. The van der Waals surface area contributed by atoms with E-state index in [9.17, 15) is 9.59 Å². The van der Waals surface area contributed by atoms with E-state index in [4.69, 9.17) is 23.2 Å². The minimum absolute atomic E-state index is 0.0656. The Balaban J connectivity index is 1.66. The van der Waals surface area contributed by atoms with Gasteiger partial charge in [-0.15, -0.1) is 11.8 Å². The molecule has 0 bridgehead atoms. The van der Waals surface area contributed by atoms with E-state index in [0.717, 1.165) is 41.3 Å². The van der Waals surface area contributed by atoms with Gasteiger partial charge in [-0.3, -0.25) is 9.59 Å². The zero-order valence-corrected chi connectivity index (χ0v) is 21.9. The van der Waals surface area contributed by atoms with Crippen LogP contribution < -0.4 is 5.32 Å². The van der Waals surface area contributed by atoms with E-state index in [1.807, 2.05) is 43.3 Å². The van der Waals surface area contributed by atoms with Gasteiger partial charge in [0.15, 0.2) is 0 Å². The average Bonchev–Trinajstić information content (AvgIpc) is 3.27. The van der Waals surface area contributed by atoms with Crippen LogP contribution in [0.2, 0.25) is 10.0 Å². The molecule has 1 saturated carbocycles. The molecule has 8 heteroatoms. The first-order valence-corrected chi connectivity index (χ1v) is 13.4. The maximum Gasteiger partial charge on any atom is 0.242 e. The molecule has 0 saturated heterocycles. The highest BCUT2D eigenvalue weighted by Gasteiger charge is 2.28. The van der Waals surface area contributed by atoms with Crippen LogP contribution >= 0.6 is 50.9 Å². The molecule has 1 aliphatic carbocycles. The van der Waals surface area contributed by atoms with Gasteiger partial charge in [-0.05, 0) is 55.2 Å². The third-order valence-corrected chi connectivity index (χ3v) is 7.81. The van der Waals surface area contributed by atoms with Gasteiger partial charge in [0.05, 0.1) is 15.8 Å². The summed E-state index contributed by atoms with van der Waals surface area (Å²) in [6.07, 6.45) is 4.31. The lowest BCUT2D eigenvalue weighted by Gasteiger charge is -2.29. The second-order valence-electron chi connectivity index (χ2n) is 8.06. The predicted molar refractivity (Wildman–Crippen MR) is 137 cm³/mol. The van der Waals surface area contributed by atoms with E-state index in [0.29, 0.717) is 22.3 Å². The van der Waals surface area contributed by atoms with Crippen molar-refractivity contribution in [1.82, 2.24) is 10.2 Å². The maximum atomic E-state index is 13.2. The van der Waals surface area contributed by atoms with Gasteiger partial charge in [-0.25, -0.2) is 0 Å². The highest BCUT2D eigenvalue weighted by Crippen LogP contribution is 2.25. The zero-order valence-electron chi connectivity index (χ0n) is 18.0. The molecule has 1 fully saturated rings. The summed E-state index contributed by atoms with van der Waals surface area (Å²) in [4.78, 5) is 27.8. The van der Waals surface area contributed by atoms with Crippen LogP contribution in [-0.4, -0.2) is 34.6 Å². The summed E-state index contributed by atoms with van der Waals surface area (Å²) in [7, 11) is 0. The molecule has 2 amide bonds. The minimum Gasteiger partial charge on any atom is -0.352 e. The van der Waals surface area contributed by atoms with Gasteiger partial charge in [-0.1, -0.05) is 70.2 Å². The second-order valence-corrected chi connectivity index (χ2v) is 10.8. The van der Waals surface area contributed by atoms with Crippen LogP contribution in [0, 0.1) is 0 Å². The molecule has 1 N–H and O–H groups in total. The first kappa shape index (κ1) is 25.4. The standard InChI is InChI=1S/C24H27BrCl2N2O2S/c1-16(24(31)28-20-7-2-3-8-20)29(13-17-5-4-6-19(25)11-17)23(30)15-32-14-18-9-10-21(26)22(27)12-18/h4-6,9-12,16,20H,2-3,7-8,13-15H2,1H3,(H,28,31)/t16-/m0/s1. The Morgan fingerprint density at radius 3 is 2.56 bits per heavy atom. The quantitative estimate of drug-likeness (QED) is 0.384. The Kier molecular flexibility index (Phi) is 9.77. The molecule has 0 radical (unpaired) electrons. The Morgan fingerprint density at radius 2 is 1.88 bits per heavy atom. The minimum atomic E-state index is -0.548. The first-order chi connectivity index (χ1) is 15.3. The number of amides is 2. The molecule has 1 atom stereocenters. The number of nitrogens with one attached hydrogen (secondary N) is 1. The van der Waals surface area contributed by atoms with E-state index < -0.39 is 6.04 Å². The van der Waals surface area contributed by atoms with Crippen LogP contribution in [0.25, 0.3) is 0 Å². The molecule has 0 aliphatic heterocycles. The molecule has 1 aliphatic rings. The van der Waals surface area contributed by atoms with Crippen molar-refractivity contribution in [3.8, 4) is 0 Å². The monoisotopic (exact) mass is 556 g/mol. The number of halogens is 3. The number of hydrogen-bond donors (Lipinski definition) is 1. The van der Waals surface area contributed by atoms with E-state index in [1.54, 1.807) is 11.0 Å². The molecule has 0 spiro atoms. The Hall–Kier alpha value is -1.21. The fourth-order valence-corrected chi connectivity index (χ4v) is 5.40. The van der Waals surface area contributed by atoms with Crippen molar-refractivity contribution in [1.29, 1.82) is 0 Å². The van der Waals surface area contributed by atoms with Crippen LogP contribution in [0.15, 0.2) is 46.9 Å². The lowest BCUT2D eigenvalue weighted by molar-refractivity contribution is -0.138. The van der Waals surface area contributed by atoms with Crippen molar-refractivity contribution in [2.24, 2.45) is 0 Å². The van der Waals surface area contributed by atoms with E-state index in [-0.39, 0.29) is 23.6 Å². The predicted octanol–water partition coefficient (Wildman–Crippen LogP) is 6.47. The fourth-order valence-electron chi connectivity index (χ4n) is 3.78. The summed E-state index contributed by atoms with van der Waals surface area (Å²) in [5, 5.41) is 4.15. The highest BCUT2D eigenvalue weighted by atomic mass is 79.9. The highest BCUT2D eigenvalue weighted by molar-refractivity contribution is 9.10. The fraction of sp³-hybridized carbons (Fsp3) is 0.417. The van der Waals surface area contributed by atoms with Crippen molar-refractivity contribution in [2.75, 3.05) is 5.75 Å². The molecule has 32 heavy (non-hydrogen) atoms. The average molecular weight is 558 g/mol. The van der Waals surface area contributed by atoms with E-state index >= 15 is 0 Å². The topological polar surface area (TPSA) is 49.4 Å². The number of benzene rings is 2. The summed E-state index contributed by atoms with van der Waals surface area (Å²) < 4.78 is 0.944. The van der Waals surface area contributed by atoms with Crippen molar-refractivity contribution in [3.63, 3.8) is 0 Å². The first-order valence-electron chi connectivity index (χ1n) is 10.7. The largest absolute Gasteiger partial charge is 0.352 e. The summed E-state index contributed by atoms with van der Waals surface area (Å²) in [6, 6.07) is 13.0. The van der Waals surface area contributed by atoms with E-state index in [1.165, 1.54) is 11.8 Å². The molecule has 4 nitrogen and oxygen atoms in total. The molecule has 172 valence electrons. The SMILES string of the molecule is C[C@@H](C(=O)NC1CCCC1)N(Cc1cccc(Br)c1)C(=O)CSCc1ccc(Cl)c(Cl)c1. The Labute approximate surface area is 212 Å². The van der Waals surface area contributed by atoms with Gasteiger partial charge in [-0.2, -0.15) is 0 Å². The molecule has 0 heterocycles. The van der Waals surface area contributed by atoms with Gasteiger partial charge < -0.3 is 10.2 Å². The van der Waals surface area contributed by atoms with Crippen LogP contribution in [0.4, 0.5) is 0 Å². The second kappa shape index (κ2) is 12.3. The molecule has 3 rings (SSSR count). The van der Waals surface area contributed by atoms with Gasteiger partial charge in [0.2, 0.25) is 11.8 Å². The summed E-state index contributed by atoms with van der Waals surface area (Å²) >= 11 is 17.1. The molecule has 2 aromatic rings. The normalized spacial score (nSPS) is 14.9. The van der Waals surface area contributed by atoms with Crippen molar-refractivity contribution in [3.05, 3.63) is 68.1 Å². The van der Waals surface area contributed by atoms with Crippen LogP contribution in [-0.2, 0) is 21.9 Å². The number of rotatable bonds is 9. The Morgan fingerprint density at radius 1 is 1.12 bits per heavy atom. The molecule has 2 aromatic carbocycles. The van der Waals surface area contributed by atoms with Crippen molar-refractivity contribution >= 4 is 62.7 Å². The smallest absolute Gasteiger partial charge is 0.242 e. The lowest BCUT2D eigenvalue weighted by atomic mass is 10.1. The lowest BCUT2D eigenvalue weighted by Crippen LogP contribution is -2.50. The van der Waals surface area contributed by atoms with Gasteiger partial charge in [0.25, 0.3) is 0 Å². The maximum absolute atomic E-state index is 13.2. The van der Waals surface area contributed by atoms with Gasteiger partial charge in [0.1, 0.15) is 6.04 Å². The van der Waals surface area contributed by atoms with Gasteiger partial charge in [0, 0.05) is 22.8 Å². The molecule has 0 aromatic heterocycles.